The van der Waals surface area contributed by atoms with Crippen LogP contribution in [0.15, 0.2) is 22.7 Å². The number of H-pyrrole nitrogens is 1. The van der Waals surface area contributed by atoms with Crippen molar-refractivity contribution in [3.8, 4) is 11.5 Å². The molecule has 0 spiro atoms. The van der Waals surface area contributed by atoms with Gasteiger partial charge in [-0.15, -0.1) is 0 Å². The number of aromatic nitrogens is 2. The first-order chi connectivity index (χ1) is 9.34. The van der Waals surface area contributed by atoms with E-state index in [0.29, 0.717) is 16.9 Å². The van der Waals surface area contributed by atoms with Gasteiger partial charge >= 0.3 is 0 Å². The molecule has 0 aromatic carbocycles. The van der Waals surface area contributed by atoms with Crippen LogP contribution in [0, 0.1) is 17.8 Å². The fourth-order valence-corrected chi connectivity index (χ4v) is 3.15. The van der Waals surface area contributed by atoms with Crippen molar-refractivity contribution in [2.24, 2.45) is 10.8 Å². The van der Waals surface area contributed by atoms with Crippen LogP contribution in [0.1, 0.15) is 39.0 Å². The number of furan rings is 1. The molecule has 1 aliphatic rings. The minimum absolute atomic E-state index is 0.345. The highest BCUT2D eigenvalue weighted by atomic mass is 16.3. The van der Waals surface area contributed by atoms with Crippen LogP contribution in [0.25, 0.3) is 11.5 Å². The van der Waals surface area contributed by atoms with Crippen molar-refractivity contribution in [1.82, 2.24) is 15.5 Å². The summed E-state index contributed by atoms with van der Waals surface area (Å²) >= 11 is 0. The third-order valence-electron chi connectivity index (χ3n) is 5.22. The van der Waals surface area contributed by atoms with Gasteiger partial charge in [0.05, 0.1) is 6.20 Å². The van der Waals surface area contributed by atoms with Crippen LogP contribution >= 0.6 is 0 Å². The molecule has 2 aromatic rings. The van der Waals surface area contributed by atoms with Crippen LogP contribution in [0.4, 0.5) is 0 Å². The maximum Gasteiger partial charge on any atom is 0.152 e. The number of aryl methyl sites for hydroxylation is 1. The predicted octanol–water partition coefficient (Wildman–Crippen LogP) is 3.50. The first-order valence-electron chi connectivity index (χ1n) is 7.16. The van der Waals surface area contributed by atoms with Crippen LogP contribution in [0.2, 0.25) is 0 Å². The molecule has 0 saturated heterocycles. The molecule has 2 heterocycles. The molecule has 1 aliphatic carbocycles. The standard InChI is InChI=1S/C16H23N3O/c1-10-6-7-12(20-10)13-11(9-18-19-13)8-17-14-15(2,3)16(14,4)5/h6-7,9,14,17H,8H2,1-5H3,(H,18,19). The zero-order chi connectivity index (χ0) is 14.5. The lowest BCUT2D eigenvalue weighted by molar-refractivity contribution is 0.457. The zero-order valence-corrected chi connectivity index (χ0v) is 12.9. The number of hydrogen-bond acceptors (Lipinski definition) is 3. The van der Waals surface area contributed by atoms with Crippen molar-refractivity contribution < 1.29 is 4.42 Å². The first-order valence-corrected chi connectivity index (χ1v) is 7.16. The Hall–Kier alpha value is -1.55. The lowest BCUT2D eigenvalue weighted by Gasteiger charge is -2.06. The van der Waals surface area contributed by atoms with Crippen LogP contribution in [0.3, 0.4) is 0 Å². The molecule has 108 valence electrons. The average molecular weight is 273 g/mol. The number of hydrogen-bond donors (Lipinski definition) is 2. The van der Waals surface area contributed by atoms with E-state index in [1.165, 1.54) is 0 Å². The maximum atomic E-state index is 5.67. The Labute approximate surface area is 120 Å². The Morgan fingerprint density at radius 1 is 1.25 bits per heavy atom. The Morgan fingerprint density at radius 3 is 2.50 bits per heavy atom. The highest BCUT2D eigenvalue weighted by molar-refractivity contribution is 5.56. The van der Waals surface area contributed by atoms with Crippen LogP contribution in [-0.4, -0.2) is 16.2 Å². The molecule has 0 bridgehead atoms. The molecule has 1 saturated carbocycles. The predicted molar refractivity (Wildman–Crippen MR) is 79.2 cm³/mol. The Kier molecular flexibility index (Phi) is 2.83. The SMILES string of the molecule is Cc1ccc(-c2[nH]ncc2CNC2C(C)(C)C2(C)C)o1. The van der Waals surface area contributed by atoms with Gasteiger partial charge in [-0.05, 0) is 29.9 Å². The van der Waals surface area contributed by atoms with E-state index in [9.17, 15) is 0 Å². The summed E-state index contributed by atoms with van der Waals surface area (Å²) in [5, 5.41) is 10.8. The molecule has 3 rings (SSSR count). The minimum Gasteiger partial charge on any atom is -0.460 e. The van der Waals surface area contributed by atoms with E-state index in [-0.39, 0.29) is 0 Å². The van der Waals surface area contributed by atoms with Gasteiger partial charge in [-0.25, -0.2) is 0 Å². The monoisotopic (exact) mass is 273 g/mol. The summed E-state index contributed by atoms with van der Waals surface area (Å²) in [5.74, 6) is 1.77. The molecule has 0 aliphatic heterocycles. The lowest BCUT2D eigenvalue weighted by atomic mass is 10.0. The topological polar surface area (TPSA) is 53.9 Å². The second-order valence-corrected chi connectivity index (χ2v) is 6.94. The van der Waals surface area contributed by atoms with Gasteiger partial charge < -0.3 is 9.73 Å². The molecule has 4 nitrogen and oxygen atoms in total. The smallest absolute Gasteiger partial charge is 0.152 e. The third kappa shape index (κ3) is 1.90. The van der Waals surface area contributed by atoms with Gasteiger partial charge in [-0.3, -0.25) is 5.10 Å². The molecule has 20 heavy (non-hydrogen) atoms. The van der Waals surface area contributed by atoms with Gasteiger partial charge in [-0.1, -0.05) is 27.7 Å². The fraction of sp³-hybridized carbons (Fsp3) is 0.562. The highest BCUT2D eigenvalue weighted by Gasteiger charge is 2.64. The van der Waals surface area contributed by atoms with Gasteiger partial charge in [0.15, 0.2) is 5.76 Å². The van der Waals surface area contributed by atoms with Crippen molar-refractivity contribution in [2.75, 3.05) is 0 Å². The normalized spacial score (nSPS) is 20.2. The van der Waals surface area contributed by atoms with Crippen LogP contribution in [0.5, 0.6) is 0 Å². The van der Waals surface area contributed by atoms with E-state index in [1.54, 1.807) is 0 Å². The first kappa shape index (κ1) is 13.4. The summed E-state index contributed by atoms with van der Waals surface area (Å²) in [5.41, 5.74) is 2.82. The summed E-state index contributed by atoms with van der Waals surface area (Å²) in [6, 6.07) is 4.49. The van der Waals surface area contributed by atoms with E-state index in [0.717, 1.165) is 29.3 Å². The van der Waals surface area contributed by atoms with E-state index in [4.69, 9.17) is 4.42 Å². The van der Waals surface area contributed by atoms with Crippen LogP contribution < -0.4 is 5.32 Å². The van der Waals surface area contributed by atoms with Gasteiger partial charge in [0.25, 0.3) is 0 Å². The molecule has 0 unspecified atom stereocenters. The maximum absolute atomic E-state index is 5.67. The number of rotatable bonds is 4. The van der Waals surface area contributed by atoms with Crippen molar-refractivity contribution in [3.05, 3.63) is 29.7 Å². The average Bonchev–Trinajstić information content (AvgIpc) is 2.83. The van der Waals surface area contributed by atoms with Crippen molar-refractivity contribution in [1.29, 1.82) is 0 Å². The molecular formula is C16H23N3O. The molecule has 2 aromatic heterocycles. The highest BCUT2D eigenvalue weighted by Crippen LogP contribution is 2.62. The van der Waals surface area contributed by atoms with Gasteiger partial charge in [-0.2, -0.15) is 5.10 Å². The molecule has 1 fully saturated rings. The van der Waals surface area contributed by atoms with E-state index < -0.39 is 0 Å². The summed E-state index contributed by atoms with van der Waals surface area (Å²) < 4.78 is 5.67. The van der Waals surface area contributed by atoms with Gasteiger partial charge in [0.1, 0.15) is 11.5 Å². The molecule has 0 atom stereocenters. The quantitative estimate of drug-likeness (QED) is 0.896. The number of nitrogens with one attached hydrogen (secondary N) is 2. The number of nitrogens with zero attached hydrogens (tertiary/aromatic N) is 1. The largest absolute Gasteiger partial charge is 0.460 e. The second-order valence-electron chi connectivity index (χ2n) is 6.94. The molecule has 0 radical (unpaired) electrons. The van der Waals surface area contributed by atoms with Crippen LogP contribution in [-0.2, 0) is 6.54 Å². The fourth-order valence-electron chi connectivity index (χ4n) is 3.15. The number of aromatic amines is 1. The van der Waals surface area contributed by atoms with E-state index in [2.05, 4.69) is 43.2 Å². The molecule has 4 heteroatoms. The lowest BCUT2D eigenvalue weighted by Crippen LogP contribution is -2.21. The van der Waals surface area contributed by atoms with Crippen molar-refractivity contribution in [2.45, 2.75) is 47.2 Å². The summed E-state index contributed by atoms with van der Waals surface area (Å²) in [7, 11) is 0. The third-order valence-corrected chi connectivity index (χ3v) is 5.22. The minimum atomic E-state index is 0.345. The zero-order valence-electron chi connectivity index (χ0n) is 12.9. The van der Waals surface area contributed by atoms with Crippen molar-refractivity contribution in [3.63, 3.8) is 0 Å². The van der Waals surface area contributed by atoms with Crippen molar-refractivity contribution >= 4 is 0 Å². The van der Waals surface area contributed by atoms with Gasteiger partial charge in [0.2, 0.25) is 0 Å². The summed E-state index contributed by atoms with van der Waals surface area (Å²) in [4.78, 5) is 0. The Balaban J connectivity index is 1.73. The molecule has 2 N–H and O–H groups in total. The van der Waals surface area contributed by atoms with Gasteiger partial charge in [0, 0.05) is 18.2 Å². The van der Waals surface area contributed by atoms with E-state index in [1.807, 2.05) is 25.3 Å². The molecular weight excluding hydrogens is 250 g/mol. The summed E-state index contributed by atoms with van der Waals surface area (Å²) in [6.45, 7) is 12.0. The second kappa shape index (κ2) is 4.22. The molecule has 0 amide bonds. The van der Waals surface area contributed by atoms with E-state index >= 15 is 0 Å². The summed E-state index contributed by atoms with van der Waals surface area (Å²) in [6.07, 6.45) is 1.88. The Bertz CT molecular complexity index is 607. The Morgan fingerprint density at radius 2 is 1.95 bits per heavy atom.